The van der Waals surface area contributed by atoms with Crippen molar-refractivity contribution in [2.45, 2.75) is 33.5 Å². The number of nitrogens with zero attached hydrogens (tertiary/aromatic N) is 5. The Morgan fingerprint density at radius 2 is 2.19 bits per heavy atom. The fourth-order valence-electron chi connectivity index (χ4n) is 2.85. The van der Waals surface area contributed by atoms with Crippen LogP contribution in [0.15, 0.2) is 53.4 Å². The zero-order valence-electron chi connectivity index (χ0n) is 16.1. The van der Waals surface area contributed by atoms with E-state index in [9.17, 15) is 0 Å². The van der Waals surface area contributed by atoms with Crippen molar-refractivity contribution in [1.82, 2.24) is 24.8 Å². The summed E-state index contributed by atoms with van der Waals surface area (Å²) in [7, 11) is 2.05. The van der Waals surface area contributed by atoms with Crippen LogP contribution in [-0.2, 0) is 19.6 Å². The zero-order valence-corrected chi connectivity index (χ0v) is 16.9. The SMILES string of the molecule is CCNC(=NCc1cccc(Cn2ccnc2)c1)N(C)Cc1csc(C)n1. The molecule has 1 N–H and O–H groups in total. The highest BCUT2D eigenvalue weighted by molar-refractivity contribution is 7.09. The molecule has 0 aliphatic rings. The molecule has 2 heterocycles. The third-order valence-corrected chi connectivity index (χ3v) is 4.91. The minimum absolute atomic E-state index is 0.639. The van der Waals surface area contributed by atoms with Gasteiger partial charge < -0.3 is 14.8 Å². The Morgan fingerprint density at radius 1 is 1.33 bits per heavy atom. The summed E-state index contributed by atoms with van der Waals surface area (Å²) in [4.78, 5) is 15.6. The van der Waals surface area contributed by atoms with Gasteiger partial charge in [-0.2, -0.15) is 0 Å². The average molecular weight is 383 g/mol. The number of guanidine groups is 1. The maximum atomic E-state index is 4.81. The first-order valence-electron chi connectivity index (χ1n) is 9.08. The van der Waals surface area contributed by atoms with Gasteiger partial charge in [-0.1, -0.05) is 24.3 Å². The van der Waals surface area contributed by atoms with Gasteiger partial charge in [0.05, 0.1) is 30.1 Å². The lowest BCUT2D eigenvalue weighted by Crippen LogP contribution is -2.38. The van der Waals surface area contributed by atoms with Gasteiger partial charge in [0.15, 0.2) is 5.96 Å². The Morgan fingerprint density at radius 3 is 2.89 bits per heavy atom. The second kappa shape index (κ2) is 9.32. The zero-order chi connectivity index (χ0) is 19.1. The molecule has 0 unspecified atom stereocenters. The summed E-state index contributed by atoms with van der Waals surface area (Å²) in [5.41, 5.74) is 3.52. The van der Waals surface area contributed by atoms with Crippen LogP contribution < -0.4 is 5.32 Å². The molecule has 7 heteroatoms. The minimum atomic E-state index is 0.639. The highest BCUT2D eigenvalue weighted by Crippen LogP contribution is 2.11. The van der Waals surface area contributed by atoms with E-state index < -0.39 is 0 Å². The number of benzene rings is 1. The van der Waals surface area contributed by atoms with Crippen molar-refractivity contribution in [1.29, 1.82) is 0 Å². The number of thiazole rings is 1. The Bertz CT molecular complexity index is 868. The third-order valence-electron chi connectivity index (χ3n) is 4.09. The molecule has 0 spiro atoms. The summed E-state index contributed by atoms with van der Waals surface area (Å²) in [5.74, 6) is 0.892. The predicted octanol–water partition coefficient (Wildman–Crippen LogP) is 3.29. The lowest BCUT2D eigenvalue weighted by atomic mass is 10.1. The fraction of sp³-hybridized carbons (Fsp3) is 0.350. The minimum Gasteiger partial charge on any atom is -0.357 e. The molecule has 0 bridgehead atoms. The lowest BCUT2D eigenvalue weighted by Gasteiger charge is -2.21. The van der Waals surface area contributed by atoms with Gasteiger partial charge >= 0.3 is 0 Å². The van der Waals surface area contributed by atoms with E-state index >= 15 is 0 Å². The van der Waals surface area contributed by atoms with Gasteiger partial charge in [-0.25, -0.2) is 15.0 Å². The number of hydrogen-bond donors (Lipinski definition) is 1. The molecule has 0 aliphatic carbocycles. The third kappa shape index (κ3) is 5.65. The molecule has 0 saturated carbocycles. The molecule has 1 aromatic carbocycles. The molecule has 0 amide bonds. The predicted molar refractivity (Wildman–Crippen MR) is 111 cm³/mol. The maximum absolute atomic E-state index is 4.81. The number of hydrogen-bond acceptors (Lipinski definition) is 4. The largest absolute Gasteiger partial charge is 0.357 e. The van der Waals surface area contributed by atoms with Crippen LogP contribution in [0, 0.1) is 6.92 Å². The Balaban J connectivity index is 1.67. The van der Waals surface area contributed by atoms with Crippen molar-refractivity contribution in [3.8, 4) is 0 Å². The van der Waals surface area contributed by atoms with Gasteiger partial charge in [-0.15, -0.1) is 11.3 Å². The van der Waals surface area contributed by atoms with Gasteiger partial charge in [0.1, 0.15) is 0 Å². The van der Waals surface area contributed by atoms with Crippen LogP contribution in [0.2, 0.25) is 0 Å². The van der Waals surface area contributed by atoms with E-state index in [2.05, 4.69) is 61.3 Å². The first kappa shape index (κ1) is 19.1. The molecule has 0 aliphatic heterocycles. The Kier molecular flexibility index (Phi) is 6.59. The van der Waals surface area contributed by atoms with Crippen molar-refractivity contribution in [3.63, 3.8) is 0 Å². The number of aliphatic imine (C=N–C) groups is 1. The van der Waals surface area contributed by atoms with Crippen molar-refractivity contribution in [2.24, 2.45) is 4.99 Å². The molecule has 3 rings (SSSR count). The molecular weight excluding hydrogens is 356 g/mol. The van der Waals surface area contributed by atoms with Crippen LogP contribution in [0.5, 0.6) is 0 Å². The normalized spacial score (nSPS) is 11.6. The van der Waals surface area contributed by atoms with Crippen LogP contribution >= 0.6 is 11.3 Å². The Hall–Kier alpha value is -2.67. The summed E-state index contributed by atoms with van der Waals surface area (Å²) in [6, 6.07) is 8.55. The second-order valence-electron chi connectivity index (χ2n) is 6.44. The van der Waals surface area contributed by atoms with E-state index in [0.717, 1.165) is 36.3 Å². The summed E-state index contributed by atoms with van der Waals surface area (Å²) in [6.45, 7) is 7.16. The summed E-state index contributed by atoms with van der Waals surface area (Å²) in [5, 5.41) is 6.57. The second-order valence-corrected chi connectivity index (χ2v) is 7.50. The molecule has 0 fully saturated rings. The first-order valence-corrected chi connectivity index (χ1v) is 9.96. The van der Waals surface area contributed by atoms with E-state index in [-0.39, 0.29) is 0 Å². The van der Waals surface area contributed by atoms with Crippen LogP contribution in [0.25, 0.3) is 0 Å². The van der Waals surface area contributed by atoms with Gasteiger partial charge in [0, 0.05) is 37.9 Å². The molecule has 2 aromatic heterocycles. The number of aromatic nitrogens is 3. The molecule has 3 aromatic rings. The van der Waals surface area contributed by atoms with Crippen molar-refractivity contribution >= 4 is 17.3 Å². The van der Waals surface area contributed by atoms with E-state index in [1.165, 1.54) is 11.1 Å². The molecule has 0 atom stereocenters. The summed E-state index contributed by atoms with van der Waals surface area (Å²) in [6.07, 6.45) is 5.61. The molecule has 27 heavy (non-hydrogen) atoms. The molecule has 0 radical (unpaired) electrons. The highest BCUT2D eigenvalue weighted by Gasteiger charge is 2.08. The van der Waals surface area contributed by atoms with E-state index in [1.54, 1.807) is 17.5 Å². The van der Waals surface area contributed by atoms with Crippen molar-refractivity contribution < 1.29 is 0 Å². The monoisotopic (exact) mass is 382 g/mol. The number of nitrogens with one attached hydrogen (secondary N) is 1. The summed E-state index contributed by atoms with van der Waals surface area (Å²) >= 11 is 1.68. The quantitative estimate of drug-likeness (QED) is 0.503. The standard InChI is InChI=1S/C20H26N6S/c1-4-22-20(25(3)13-19-14-27-16(2)24-19)23-11-17-6-5-7-18(10-17)12-26-9-8-21-15-26/h5-10,14-15H,4,11-13H2,1-3H3,(H,22,23). The van der Waals surface area contributed by atoms with E-state index in [4.69, 9.17) is 4.99 Å². The van der Waals surface area contributed by atoms with Gasteiger partial charge in [0.2, 0.25) is 0 Å². The first-order chi connectivity index (χ1) is 13.1. The van der Waals surface area contributed by atoms with Crippen molar-refractivity contribution in [3.05, 3.63) is 70.2 Å². The number of aryl methyl sites for hydroxylation is 1. The van der Waals surface area contributed by atoms with Crippen molar-refractivity contribution in [2.75, 3.05) is 13.6 Å². The highest BCUT2D eigenvalue weighted by atomic mass is 32.1. The molecule has 142 valence electrons. The lowest BCUT2D eigenvalue weighted by molar-refractivity contribution is 0.471. The van der Waals surface area contributed by atoms with Crippen LogP contribution in [0.4, 0.5) is 0 Å². The number of rotatable bonds is 7. The molecular formula is C20H26N6S. The van der Waals surface area contributed by atoms with Crippen LogP contribution in [0.3, 0.4) is 0 Å². The smallest absolute Gasteiger partial charge is 0.194 e. The van der Waals surface area contributed by atoms with Crippen LogP contribution in [0.1, 0.15) is 28.8 Å². The van der Waals surface area contributed by atoms with Gasteiger partial charge in [-0.3, -0.25) is 0 Å². The van der Waals surface area contributed by atoms with E-state index in [1.807, 2.05) is 26.5 Å². The Labute approximate surface area is 164 Å². The van der Waals surface area contributed by atoms with Gasteiger partial charge in [-0.05, 0) is 25.0 Å². The molecule has 6 nitrogen and oxygen atoms in total. The topological polar surface area (TPSA) is 58.3 Å². The summed E-state index contributed by atoms with van der Waals surface area (Å²) < 4.78 is 2.07. The molecule has 0 saturated heterocycles. The fourth-order valence-corrected chi connectivity index (χ4v) is 3.46. The van der Waals surface area contributed by atoms with Crippen LogP contribution in [-0.4, -0.2) is 39.0 Å². The van der Waals surface area contributed by atoms with Gasteiger partial charge in [0.25, 0.3) is 0 Å². The average Bonchev–Trinajstić information content (AvgIpc) is 3.30. The number of imidazole rings is 1. The maximum Gasteiger partial charge on any atom is 0.194 e. The van der Waals surface area contributed by atoms with E-state index in [0.29, 0.717) is 6.54 Å².